The average Bonchev–Trinajstić information content (AvgIpc) is 3.08. The van der Waals surface area contributed by atoms with E-state index in [1.54, 1.807) is 11.8 Å². The molecule has 2 aliphatic rings. The van der Waals surface area contributed by atoms with Crippen LogP contribution in [0.2, 0.25) is 0 Å². The quantitative estimate of drug-likeness (QED) is 0.930. The van der Waals surface area contributed by atoms with E-state index in [1.165, 1.54) is 0 Å². The van der Waals surface area contributed by atoms with E-state index < -0.39 is 11.4 Å². The first-order chi connectivity index (χ1) is 9.86. The summed E-state index contributed by atoms with van der Waals surface area (Å²) in [6, 6.07) is 7.76. The summed E-state index contributed by atoms with van der Waals surface area (Å²) in [5.74, 6) is -0.844. The molecule has 1 unspecified atom stereocenters. The highest BCUT2D eigenvalue weighted by Crippen LogP contribution is 2.49. The lowest BCUT2D eigenvalue weighted by atomic mass is 9.90. The largest absolute Gasteiger partial charge is 0.481 e. The van der Waals surface area contributed by atoms with Gasteiger partial charge >= 0.3 is 5.97 Å². The van der Waals surface area contributed by atoms with E-state index in [2.05, 4.69) is 6.92 Å². The highest BCUT2D eigenvalue weighted by molar-refractivity contribution is 5.97. The molecule has 1 aromatic rings. The molecular weight excluding hydrogens is 266 g/mol. The first-order valence-electron chi connectivity index (χ1n) is 7.48. The minimum absolute atomic E-state index is 0.0244. The van der Waals surface area contributed by atoms with Crippen LogP contribution in [0.3, 0.4) is 0 Å². The third-order valence-corrected chi connectivity index (χ3v) is 5.08. The van der Waals surface area contributed by atoms with Crippen molar-refractivity contribution in [3.63, 3.8) is 0 Å². The monoisotopic (exact) mass is 287 g/mol. The molecule has 1 aromatic carbocycles. The molecule has 3 rings (SSSR count). The normalized spacial score (nSPS) is 26.7. The number of carbonyl (C=O) groups is 2. The summed E-state index contributed by atoms with van der Waals surface area (Å²) in [6.45, 7) is 4.72. The Kier molecular flexibility index (Phi) is 3.08. The van der Waals surface area contributed by atoms with E-state index in [0.29, 0.717) is 19.5 Å². The summed E-state index contributed by atoms with van der Waals surface area (Å²) in [6.07, 6.45) is 2.75. The third kappa shape index (κ3) is 2.33. The van der Waals surface area contributed by atoms with Gasteiger partial charge in [-0.15, -0.1) is 0 Å². The van der Waals surface area contributed by atoms with Gasteiger partial charge in [-0.3, -0.25) is 9.59 Å². The van der Waals surface area contributed by atoms with Crippen LogP contribution in [-0.4, -0.2) is 35.0 Å². The van der Waals surface area contributed by atoms with Crippen molar-refractivity contribution in [2.75, 3.05) is 13.1 Å². The summed E-state index contributed by atoms with van der Waals surface area (Å²) >= 11 is 0. The minimum Gasteiger partial charge on any atom is -0.481 e. The van der Waals surface area contributed by atoms with Crippen molar-refractivity contribution in [1.82, 2.24) is 4.90 Å². The van der Waals surface area contributed by atoms with Crippen LogP contribution < -0.4 is 0 Å². The maximum atomic E-state index is 12.8. The van der Waals surface area contributed by atoms with Gasteiger partial charge in [-0.25, -0.2) is 0 Å². The van der Waals surface area contributed by atoms with Crippen LogP contribution in [0, 0.1) is 5.41 Å². The van der Waals surface area contributed by atoms with Crippen molar-refractivity contribution in [2.24, 2.45) is 5.41 Å². The van der Waals surface area contributed by atoms with Crippen LogP contribution >= 0.6 is 0 Å². The predicted molar refractivity (Wildman–Crippen MR) is 79.3 cm³/mol. The number of aliphatic carboxylic acids is 1. The smallest absolute Gasteiger partial charge is 0.311 e. The Balaban J connectivity index is 1.86. The number of carbonyl (C=O) groups excluding carboxylic acids is 1. The molecule has 0 bridgehead atoms. The van der Waals surface area contributed by atoms with E-state index >= 15 is 0 Å². The molecular formula is C17H21NO3. The fourth-order valence-electron chi connectivity index (χ4n) is 3.13. The van der Waals surface area contributed by atoms with E-state index in [4.69, 9.17) is 0 Å². The van der Waals surface area contributed by atoms with Gasteiger partial charge in [0.05, 0.1) is 5.41 Å². The molecule has 1 amide bonds. The van der Waals surface area contributed by atoms with Gasteiger partial charge in [0.25, 0.3) is 5.91 Å². The van der Waals surface area contributed by atoms with E-state index in [1.807, 2.05) is 24.3 Å². The lowest BCUT2D eigenvalue weighted by Gasteiger charge is -2.22. The van der Waals surface area contributed by atoms with Crippen LogP contribution in [0.5, 0.6) is 0 Å². The number of amides is 1. The standard InChI is InChI=1S/C17H21NO3/c1-16(7-8-16)13-6-4-3-5-12(13)14(19)18-10-9-17(2,11-18)15(20)21/h3-6H,7-11H2,1-2H3,(H,20,21). The van der Waals surface area contributed by atoms with Crippen LogP contribution in [0.25, 0.3) is 0 Å². The second-order valence-corrected chi connectivity index (χ2v) is 6.95. The highest BCUT2D eigenvalue weighted by Gasteiger charge is 2.45. The van der Waals surface area contributed by atoms with E-state index in [0.717, 1.165) is 24.0 Å². The second-order valence-electron chi connectivity index (χ2n) is 6.95. The van der Waals surface area contributed by atoms with Crippen LogP contribution in [-0.2, 0) is 10.2 Å². The van der Waals surface area contributed by atoms with E-state index in [-0.39, 0.29) is 11.3 Å². The fraction of sp³-hybridized carbons (Fsp3) is 0.529. The molecule has 0 spiro atoms. The summed E-state index contributed by atoms with van der Waals surface area (Å²) < 4.78 is 0. The van der Waals surface area contributed by atoms with Crippen molar-refractivity contribution in [2.45, 2.75) is 38.5 Å². The highest BCUT2D eigenvalue weighted by atomic mass is 16.4. The van der Waals surface area contributed by atoms with Crippen LogP contribution in [0.15, 0.2) is 24.3 Å². The Morgan fingerprint density at radius 1 is 1.14 bits per heavy atom. The van der Waals surface area contributed by atoms with Crippen molar-refractivity contribution < 1.29 is 14.7 Å². The SMILES string of the molecule is CC1(C(=O)O)CCN(C(=O)c2ccccc2C2(C)CC2)C1. The maximum absolute atomic E-state index is 12.8. The summed E-state index contributed by atoms with van der Waals surface area (Å²) in [5, 5.41) is 9.30. The number of nitrogens with zero attached hydrogens (tertiary/aromatic N) is 1. The Morgan fingerprint density at radius 2 is 1.81 bits per heavy atom. The van der Waals surface area contributed by atoms with Gasteiger partial charge in [-0.1, -0.05) is 25.1 Å². The molecule has 1 N–H and O–H groups in total. The minimum atomic E-state index is -0.819. The number of carboxylic acids is 1. The van der Waals surface area contributed by atoms with Gasteiger partial charge in [-0.2, -0.15) is 0 Å². The van der Waals surface area contributed by atoms with Gasteiger partial charge in [-0.05, 0) is 43.2 Å². The summed E-state index contributed by atoms with van der Waals surface area (Å²) in [5.41, 5.74) is 1.17. The lowest BCUT2D eigenvalue weighted by molar-refractivity contribution is -0.147. The van der Waals surface area contributed by atoms with Crippen molar-refractivity contribution in [1.29, 1.82) is 0 Å². The molecule has 4 nitrogen and oxygen atoms in total. The zero-order valence-corrected chi connectivity index (χ0v) is 12.6. The predicted octanol–water partition coefficient (Wildman–Crippen LogP) is 2.67. The Morgan fingerprint density at radius 3 is 2.38 bits per heavy atom. The molecule has 21 heavy (non-hydrogen) atoms. The molecule has 1 saturated carbocycles. The number of hydrogen-bond donors (Lipinski definition) is 1. The number of rotatable bonds is 3. The molecule has 1 aliphatic carbocycles. The van der Waals surface area contributed by atoms with Crippen LogP contribution in [0.1, 0.15) is 49.0 Å². The molecule has 1 heterocycles. The first-order valence-corrected chi connectivity index (χ1v) is 7.48. The zero-order chi connectivity index (χ0) is 15.3. The second kappa shape index (κ2) is 4.58. The molecule has 0 radical (unpaired) electrons. The van der Waals surface area contributed by atoms with E-state index in [9.17, 15) is 14.7 Å². The molecule has 1 saturated heterocycles. The molecule has 112 valence electrons. The van der Waals surface area contributed by atoms with Gasteiger partial charge in [0.15, 0.2) is 0 Å². The number of carboxylic acid groups (broad SMARTS) is 1. The van der Waals surface area contributed by atoms with Gasteiger partial charge in [0.2, 0.25) is 0 Å². The lowest BCUT2D eigenvalue weighted by Crippen LogP contribution is -2.35. The van der Waals surface area contributed by atoms with Gasteiger partial charge in [0, 0.05) is 18.7 Å². The number of likely N-dealkylation sites (tertiary alicyclic amines) is 1. The summed E-state index contributed by atoms with van der Waals surface area (Å²) in [7, 11) is 0. The first kappa shape index (κ1) is 14.1. The zero-order valence-electron chi connectivity index (χ0n) is 12.6. The fourth-order valence-corrected chi connectivity index (χ4v) is 3.13. The molecule has 4 heteroatoms. The Labute approximate surface area is 124 Å². The third-order valence-electron chi connectivity index (χ3n) is 5.08. The van der Waals surface area contributed by atoms with Crippen molar-refractivity contribution >= 4 is 11.9 Å². The van der Waals surface area contributed by atoms with Gasteiger partial charge < -0.3 is 10.0 Å². The number of hydrogen-bond acceptors (Lipinski definition) is 2. The Hall–Kier alpha value is -1.84. The average molecular weight is 287 g/mol. The van der Waals surface area contributed by atoms with Crippen LogP contribution in [0.4, 0.5) is 0 Å². The van der Waals surface area contributed by atoms with Crippen molar-refractivity contribution in [3.05, 3.63) is 35.4 Å². The topological polar surface area (TPSA) is 57.6 Å². The number of benzene rings is 1. The summed E-state index contributed by atoms with van der Waals surface area (Å²) in [4.78, 5) is 25.8. The Bertz CT molecular complexity index is 606. The molecule has 1 aliphatic heterocycles. The molecule has 0 aromatic heterocycles. The maximum Gasteiger partial charge on any atom is 0.311 e. The molecule has 2 fully saturated rings. The molecule has 1 atom stereocenters. The van der Waals surface area contributed by atoms with Crippen molar-refractivity contribution in [3.8, 4) is 0 Å². The van der Waals surface area contributed by atoms with Gasteiger partial charge in [0.1, 0.15) is 0 Å².